The third-order valence-electron chi connectivity index (χ3n) is 7.80. The van der Waals surface area contributed by atoms with Gasteiger partial charge in [0.1, 0.15) is 0 Å². The zero-order chi connectivity index (χ0) is 24.0. The molecule has 2 unspecified atom stereocenters. The van der Waals surface area contributed by atoms with E-state index in [1.54, 1.807) is 30.3 Å². The monoisotopic (exact) mass is 469 g/mol. The van der Waals surface area contributed by atoms with E-state index in [0.29, 0.717) is 41.2 Å². The van der Waals surface area contributed by atoms with E-state index in [4.69, 9.17) is 16.4 Å². The second-order valence-electron chi connectivity index (χ2n) is 9.40. The quantitative estimate of drug-likeness (QED) is 0.347. The zero-order valence-corrected chi connectivity index (χ0v) is 19.3. The van der Waals surface area contributed by atoms with E-state index in [1.807, 2.05) is 20.8 Å². The Kier molecular flexibility index (Phi) is 5.52. The van der Waals surface area contributed by atoms with Crippen LogP contribution in [0.3, 0.4) is 0 Å². The number of anilines is 1. The lowest BCUT2D eigenvalue weighted by Crippen LogP contribution is -2.43. The molecule has 9 heteroatoms. The topological polar surface area (TPSA) is 111 Å². The zero-order valence-electron chi connectivity index (χ0n) is 18.6. The van der Waals surface area contributed by atoms with E-state index in [1.165, 1.54) is 18.2 Å². The number of non-ortho nitro benzene ring substituents is 1. The van der Waals surface area contributed by atoms with E-state index >= 15 is 0 Å². The van der Waals surface area contributed by atoms with Crippen molar-refractivity contribution < 1.29 is 19.3 Å². The highest BCUT2D eigenvalue weighted by molar-refractivity contribution is 6.30. The van der Waals surface area contributed by atoms with E-state index in [-0.39, 0.29) is 11.6 Å². The van der Waals surface area contributed by atoms with Gasteiger partial charge in [-0.3, -0.25) is 14.9 Å². The van der Waals surface area contributed by atoms with Gasteiger partial charge in [0.25, 0.3) is 5.69 Å². The van der Waals surface area contributed by atoms with Crippen molar-refractivity contribution in [3.05, 3.63) is 69.2 Å². The van der Waals surface area contributed by atoms with Crippen LogP contribution in [0.1, 0.15) is 50.4 Å². The summed E-state index contributed by atoms with van der Waals surface area (Å²) in [5, 5.41) is 18.7. The highest BCUT2D eigenvalue weighted by Crippen LogP contribution is 2.71. The number of nitro groups is 1. The van der Waals surface area contributed by atoms with Crippen molar-refractivity contribution in [2.75, 3.05) is 5.32 Å². The maximum Gasteiger partial charge on any atom is 0.365 e. The number of hydrogen-bond donors (Lipinski definition) is 1. The van der Waals surface area contributed by atoms with Crippen LogP contribution in [-0.4, -0.2) is 22.5 Å². The SMILES string of the molecule is CC12CCC(C(=O)Nc3cccc([N+](=O)[O-])c3)(C/C1=N\OC(=O)c1ccc(Cl)cc1)C2(C)C. The molecular weight excluding hydrogens is 446 g/mol. The third kappa shape index (κ3) is 3.58. The molecule has 33 heavy (non-hydrogen) atoms. The van der Waals surface area contributed by atoms with Crippen molar-refractivity contribution in [3.8, 4) is 0 Å². The molecule has 8 nitrogen and oxygen atoms in total. The molecule has 0 heterocycles. The highest BCUT2D eigenvalue weighted by atomic mass is 35.5. The molecule has 0 spiro atoms. The van der Waals surface area contributed by atoms with E-state index < -0.39 is 27.1 Å². The second-order valence-corrected chi connectivity index (χ2v) is 9.84. The van der Waals surface area contributed by atoms with Crippen molar-refractivity contribution in [2.24, 2.45) is 21.4 Å². The van der Waals surface area contributed by atoms with Gasteiger partial charge in [-0.25, -0.2) is 4.79 Å². The van der Waals surface area contributed by atoms with Gasteiger partial charge in [-0.05, 0) is 48.6 Å². The minimum Gasteiger partial charge on any atom is -0.325 e. The van der Waals surface area contributed by atoms with Crippen LogP contribution in [0.15, 0.2) is 53.7 Å². The van der Waals surface area contributed by atoms with E-state index in [2.05, 4.69) is 10.5 Å². The molecule has 1 amide bonds. The molecule has 2 aromatic carbocycles. The van der Waals surface area contributed by atoms with Crippen LogP contribution in [-0.2, 0) is 9.63 Å². The standard InChI is InChI=1S/C24H24ClN3O5/c1-22(2)23(3)11-12-24(22,21(30)26-17-5-4-6-18(13-17)28(31)32)14-19(23)27-33-20(29)15-7-9-16(25)10-8-15/h4-10,13H,11-12,14H2,1-3H3,(H,26,30)/b27-19+. The lowest BCUT2D eigenvalue weighted by Gasteiger charge is -2.39. The average Bonchev–Trinajstić information content (AvgIpc) is 3.09. The van der Waals surface area contributed by atoms with Crippen LogP contribution in [0.4, 0.5) is 11.4 Å². The maximum absolute atomic E-state index is 13.5. The van der Waals surface area contributed by atoms with Gasteiger partial charge in [0.05, 0.1) is 21.6 Å². The molecule has 2 bridgehead atoms. The molecule has 2 aromatic rings. The number of nitrogens with zero attached hydrogens (tertiary/aromatic N) is 2. The van der Waals surface area contributed by atoms with E-state index in [9.17, 15) is 19.7 Å². The van der Waals surface area contributed by atoms with Crippen LogP contribution < -0.4 is 5.32 Å². The molecule has 0 aliphatic heterocycles. The molecule has 2 aliphatic carbocycles. The number of fused-ring (bicyclic) bond motifs is 2. The summed E-state index contributed by atoms with van der Waals surface area (Å²) in [7, 11) is 0. The Morgan fingerprint density at radius 2 is 1.82 bits per heavy atom. The van der Waals surface area contributed by atoms with Gasteiger partial charge in [-0.15, -0.1) is 0 Å². The molecule has 0 aromatic heterocycles. The lowest BCUT2D eigenvalue weighted by molar-refractivity contribution is -0.384. The summed E-state index contributed by atoms with van der Waals surface area (Å²) in [6.45, 7) is 6.09. The first-order valence-electron chi connectivity index (χ1n) is 10.6. The van der Waals surface area contributed by atoms with Crippen LogP contribution in [0.25, 0.3) is 0 Å². The van der Waals surface area contributed by atoms with Gasteiger partial charge in [-0.1, -0.05) is 43.6 Å². The van der Waals surface area contributed by atoms with Crippen LogP contribution in [0.5, 0.6) is 0 Å². The fourth-order valence-corrected chi connectivity index (χ4v) is 5.33. The first-order chi connectivity index (χ1) is 15.5. The molecule has 0 radical (unpaired) electrons. The van der Waals surface area contributed by atoms with Crippen LogP contribution >= 0.6 is 11.6 Å². The lowest BCUT2D eigenvalue weighted by atomic mass is 9.64. The largest absolute Gasteiger partial charge is 0.365 e. The van der Waals surface area contributed by atoms with Gasteiger partial charge in [0, 0.05) is 34.7 Å². The van der Waals surface area contributed by atoms with Crippen molar-refractivity contribution in [2.45, 2.75) is 40.0 Å². The third-order valence-corrected chi connectivity index (χ3v) is 8.05. The highest BCUT2D eigenvalue weighted by Gasteiger charge is 2.71. The number of benzene rings is 2. The normalized spacial score (nSPS) is 26.2. The molecule has 0 saturated heterocycles. The number of nitro benzene ring substituents is 1. The smallest absolute Gasteiger partial charge is 0.325 e. The van der Waals surface area contributed by atoms with Gasteiger partial charge in [-0.2, -0.15) is 0 Å². The van der Waals surface area contributed by atoms with Gasteiger partial charge in [0.2, 0.25) is 5.91 Å². The summed E-state index contributed by atoms with van der Waals surface area (Å²) in [4.78, 5) is 41.8. The van der Waals surface area contributed by atoms with E-state index in [0.717, 1.165) is 0 Å². The van der Waals surface area contributed by atoms with Crippen LogP contribution in [0.2, 0.25) is 5.02 Å². The number of hydrogen-bond acceptors (Lipinski definition) is 6. The number of halogens is 1. The second kappa shape index (κ2) is 7.95. The molecule has 2 saturated carbocycles. The Balaban J connectivity index is 1.58. The minimum absolute atomic E-state index is 0.0939. The first-order valence-corrected chi connectivity index (χ1v) is 11.0. The van der Waals surface area contributed by atoms with Crippen LogP contribution in [0, 0.1) is 26.4 Å². The molecule has 2 fully saturated rings. The number of amides is 1. The number of carbonyl (C=O) groups is 2. The summed E-state index contributed by atoms with van der Waals surface area (Å²) in [5.41, 5.74) is -0.428. The Hall–Kier alpha value is -3.26. The summed E-state index contributed by atoms with van der Waals surface area (Å²) in [6, 6.07) is 12.2. The fourth-order valence-electron chi connectivity index (χ4n) is 5.21. The molecule has 1 N–H and O–H groups in total. The number of oxime groups is 1. The Bertz CT molecular complexity index is 1180. The van der Waals surface area contributed by atoms with Gasteiger partial charge >= 0.3 is 5.97 Å². The van der Waals surface area contributed by atoms with Gasteiger partial charge < -0.3 is 10.2 Å². The minimum atomic E-state index is -0.780. The Labute approximate surface area is 196 Å². The van der Waals surface area contributed by atoms with Crippen molar-refractivity contribution in [1.82, 2.24) is 0 Å². The summed E-state index contributed by atoms with van der Waals surface area (Å²) in [6.07, 6.45) is 1.69. The Morgan fingerprint density at radius 1 is 1.12 bits per heavy atom. The van der Waals surface area contributed by atoms with Crippen molar-refractivity contribution >= 4 is 40.6 Å². The molecule has 2 aliphatic rings. The number of rotatable bonds is 5. The predicted molar refractivity (Wildman–Crippen MR) is 124 cm³/mol. The predicted octanol–water partition coefficient (Wildman–Crippen LogP) is 5.62. The fraction of sp³-hybridized carbons (Fsp3) is 0.375. The first kappa shape index (κ1) is 22.9. The Morgan fingerprint density at radius 3 is 2.48 bits per heavy atom. The average molecular weight is 470 g/mol. The van der Waals surface area contributed by atoms with Crippen molar-refractivity contribution in [1.29, 1.82) is 0 Å². The van der Waals surface area contributed by atoms with Crippen molar-refractivity contribution in [3.63, 3.8) is 0 Å². The number of nitrogens with one attached hydrogen (secondary N) is 1. The maximum atomic E-state index is 13.5. The van der Waals surface area contributed by atoms with Gasteiger partial charge in [0.15, 0.2) is 0 Å². The molecule has 2 atom stereocenters. The molecular formula is C24H24ClN3O5. The molecule has 172 valence electrons. The molecule has 4 rings (SSSR count). The number of carbonyl (C=O) groups excluding carboxylic acids is 2. The summed E-state index contributed by atoms with van der Waals surface area (Å²) in [5.74, 6) is -0.815. The summed E-state index contributed by atoms with van der Waals surface area (Å²) < 4.78 is 0. The summed E-state index contributed by atoms with van der Waals surface area (Å²) >= 11 is 5.87.